The summed E-state index contributed by atoms with van der Waals surface area (Å²) in [4.78, 5) is 11.6. The molecule has 0 heterocycles. The zero-order valence-corrected chi connectivity index (χ0v) is 11.8. The van der Waals surface area contributed by atoms with Gasteiger partial charge in [0.25, 0.3) is 0 Å². The van der Waals surface area contributed by atoms with Crippen LogP contribution in [-0.2, 0) is 4.79 Å². The third-order valence-electron chi connectivity index (χ3n) is 3.95. The molecule has 0 unspecified atom stereocenters. The lowest BCUT2D eigenvalue weighted by Crippen LogP contribution is -2.30. The molecule has 0 aromatic heterocycles. The topological polar surface area (TPSA) is 37.3 Å². The number of rotatable bonds is 0. The van der Waals surface area contributed by atoms with Crippen molar-refractivity contribution >= 4 is 50.0 Å². The Kier molecular flexibility index (Phi) is 2.57. The SMILES string of the molecule is O=C1C=c2cc3c(O)cc4ccccc4c3cc2=C(Cl)C1. The molecule has 0 amide bonds. The lowest BCUT2D eigenvalue weighted by molar-refractivity contribution is -0.112. The Labute approximate surface area is 125 Å². The minimum absolute atomic E-state index is 0.00729. The Morgan fingerprint density at radius 3 is 2.67 bits per heavy atom. The van der Waals surface area contributed by atoms with E-state index in [4.69, 9.17) is 11.6 Å². The lowest BCUT2D eigenvalue weighted by atomic mass is 9.97. The van der Waals surface area contributed by atoms with E-state index in [1.807, 2.05) is 36.4 Å². The fraction of sp³-hybridized carbons (Fsp3) is 0.0556. The first-order valence-electron chi connectivity index (χ1n) is 6.71. The average molecular weight is 295 g/mol. The van der Waals surface area contributed by atoms with Crippen molar-refractivity contribution in [3.63, 3.8) is 0 Å². The molecule has 0 radical (unpaired) electrons. The summed E-state index contributed by atoms with van der Waals surface area (Å²) in [6.45, 7) is 0. The highest BCUT2D eigenvalue weighted by atomic mass is 35.5. The van der Waals surface area contributed by atoms with E-state index in [1.165, 1.54) is 0 Å². The minimum atomic E-state index is -0.00729. The van der Waals surface area contributed by atoms with E-state index >= 15 is 0 Å². The summed E-state index contributed by atoms with van der Waals surface area (Å²) in [6, 6.07) is 13.5. The van der Waals surface area contributed by atoms with Crippen LogP contribution in [0.2, 0.25) is 0 Å². The second-order valence-corrected chi connectivity index (χ2v) is 5.75. The highest BCUT2D eigenvalue weighted by molar-refractivity contribution is 6.47. The number of halogens is 1. The van der Waals surface area contributed by atoms with Crippen molar-refractivity contribution in [3.05, 3.63) is 52.9 Å². The van der Waals surface area contributed by atoms with Crippen LogP contribution in [0.4, 0.5) is 0 Å². The van der Waals surface area contributed by atoms with E-state index in [9.17, 15) is 9.90 Å². The first kappa shape index (κ1) is 12.4. The molecule has 1 N–H and O–H groups in total. The number of phenolic OH excluding ortho intramolecular Hbond substituents is 1. The maximum Gasteiger partial charge on any atom is 0.161 e. The third-order valence-corrected chi connectivity index (χ3v) is 4.28. The summed E-state index contributed by atoms with van der Waals surface area (Å²) in [6.07, 6.45) is 1.84. The van der Waals surface area contributed by atoms with E-state index in [2.05, 4.69) is 0 Å². The molecule has 0 aliphatic heterocycles. The molecular formula is C18H11ClO2. The van der Waals surface area contributed by atoms with Gasteiger partial charge in [-0.05, 0) is 50.9 Å². The fourth-order valence-corrected chi connectivity index (χ4v) is 3.27. The van der Waals surface area contributed by atoms with Crippen LogP contribution >= 0.6 is 11.6 Å². The van der Waals surface area contributed by atoms with Crippen LogP contribution in [0, 0.1) is 0 Å². The standard InChI is InChI=1S/C18H11ClO2/c19-17-8-12(20)5-11-6-16-15(9-14(11)17)13-4-2-1-3-10(13)7-18(16)21/h1-7,9,21H,8H2. The average Bonchev–Trinajstić information content (AvgIpc) is 2.46. The molecule has 0 saturated heterocycles. The van der Waals surface area contributed by atoms with Gasteiger partial charge in [0.15, 0.2) is 5.78 Å². The van der Waals surface area contributed by atoms with Crippen molar-refractivity contribution in [2.45, 2.75) is 6.42 Å². The monoisotopic (exact) mass is 294 g/mol. The normalized spacial score (nSPS) is 14.3. The Hall–Kier alpha value is -2.32. The first-order chi connectivity index (χ1) is 10.1. The van der Waals surface area contributed by atoms with Gasteiger partial charge in [-0.25, -0.2) is 0 Å². The maximum absolute atomic E-state index is 11.6. The molecule has 3 aromatic rings. The summed E-state index contributed by atoms with van der Waals surface area (Å²) in [7, 11) is 0. The van der Waals surface area contributed by atoms with Gasteiger partial charge in [0.2, 0.25) is 0 Å². The van der Waals surface area contributed by atoms with Gasteiger partial charge in [0.05, 0.1) is 0 Å². The predicted octanol–water partition coefficient (Wildman–Crippen LogP) is 2.80. The largest absolute Gasteiger partial charge is 0.507 e. The van der Waals surface area contributed by atoms with Gasteiger partial charge in [0, 0.05) is 16.8 Å². The van der Waals surface area contributed by atoms with Crippen LogP contribution in [0.5, 0.6) is 5.75 Å². The molecule has 0 spiro atoms. The quantitative estimate of drug-likeness (QED) is 0.647. The highest BCUT2D eigenvalue weighted by Gasteiger charge is 2.12. The molecule has 1 aliphatic rings. The van der Waals surface area contributed by atoms with Crippen molar-refractivity contribution in [3.8, 4) is 5.75 Å². The number of carbonyl (C=O) groups excluding carboxylic acids is 1. The molecule has 3 aromatic carbocycles. The van der Waals surface area contributed by atoms with Crippen LogP contribution < -0.4 is 10.4 Å². The number of carbonyl (C=O) groups is 1. The van der Waals surface area contributed by atoms with E-state index in [-0.39, 0.29) is 18.0 Å². The minimum Gasteiger partial charge on any atom is -0.507 e. The van der Waals surface area contributed by atoms with Crippen LogP contribution in [-0.4, -0.2) is 10.9 Å². The van der Waals surface area contributed by atoms with Crippen LogP contribution in [0.1, 0.15) is 6.42 Å². The number of phenols is 1. The van der Waals surface area contributed by atoms with Crippen LogP contribution in [0.3, 0.4) is 0 Å². The third kappa shape index (κ3) is 1.83. The van der Waals surface area contributed by atoms with Gasteiger partial charge in [-0.1, -0.05) is 35.9 Å². The van der Waals surface area contributed by atoms with E-state index in [1.54, 1.807) is 12.1 Å². The molecule has 3 heteroatoms. The summed E-state index contributed by atoms with van der Waals surface area (Å²) in [5.41, 5.74) is 0. The fourth-order valence-electron chi connectivity index (χ4n) is 2.97. The van der Waals surface area contributed by atoms with Gasteiger partial charge in [-0.2, -0.15) is 0 Å². The van der Waals surface area contributed by atoms with Gasteiger partial charge in [-0.15, -0.1) is 0 Å². The number of ketones is 1. The molecule has 102 valence electrons. The molecule has 0 bridgehead atoms. The number of hydrogen-bond donors (Lipinski definition) is 1. The zero-order valence-electron chi connectivity index (χ0n) is 11.1. The second kappa shape index (κ2) is 4.34. The van der Waals surface area contributed by atoms with Crippen molar-refractivity contribution < 1.29 is 9.90 Å². The summed E-state index contributed by atoms with van der Waals surface area (Å²) >= 11 is 6.25. The molecule has 1 aliphatic carbocycles. The van der Waals surface area contributed by atoms with Crippen molar-refractivity contribution in [2.75, 3.05) is 0 Å². The Morgan fingerprint density at radius 1 is 1.00 bits per heavy atom. The molecule has 4 rings (SSSR count). The molecule has 0 saturated carbocycles. The van der Waals surface area contributed by atoms with Crippen LogP contribution in [0.25, 0.3) is 32.7 Å². The number of fused-ring (bicyclic) bond motifs is 4. The molecular weight excluding hydrogens is 284 g/mol. The molecule has 0 atom stereocenters. The van der Waals surface area contributed by atoms with Crippen LogP contribution in [0.15, 0.2) is 42.5 Å². The van der Waals surface area contributed by atoms with Crippen molar-refractivity contribution in [1.82, 2.24) is 0 Å². The van der Waals surface area contributed by atoms with E-state index in [0.717, 1.165) is 32.0 Å². The first-order valence-corrected chi connectivity index (χ1v) is 7.09. The number of benzene rings is 3. The molecule has 21 heavy (non-hydrogen) atoms. The number of aromatic hydroxyl groups is 1. The second-order valence-electron chi connectivity index (χ2n) is 5.29. The number of Topliss-reactive ketones (excluding diaryl/α,β-unsaturated/α-hetero) is 1. The van der Waals surface area contributed by atoms with Crippen molar-refractivity contribution in [2.24, 2.45) is 0 Å². The van der Waals surface area contributed by atoms with Crippen molar-refractivity contribution in [1.29, 1.82) is 0 Å². The van der Waals surface area contributed by atoms with Gasteiger partial charge in [0.1, 0.15) is 5.75 Å². The lowest BCUT2D eigenvalue weighted by Gasteiger charge is -2.10. The maximum atomic E-state index is 11.6. The number of hydrogen-bond acceptors (Lipinski definition) is 2. The smallest absolute Gasteiger partial charge is 0.161 e. The Bertz CT molecular complexity index is 1050. The molecule has 0 fully saturated rings. The summed E-state index contributed by atoms with van der Waals surface area (Å²) < 4.78 is 0. The Morgan fingerprint density at radius 2 is 1.81 bits per heavy atom. The predicted molar refractivity (Wildman–Crippen MR) is 85.7 cm³/mol. The van der Waals surface area contributed by atoms with Gasteiger partial charge >= 0.3 is 0 Å². The zero-order chi connectivity index (χ0) is 14.6. The van der Waals surface area contributed by atoms with Gasteiger partial charge in [-0.3, -0.25) is 4.79 Å². The van der Waals surface area contributed by atoms with E-state index < -0.39 is 0 Å². The summed E-state index contributed by atoms with van der Waals surface area (Å²) in [5, 5.41) is 16.2. The molecule has 2 nitrogen and oxygen atoms in total. The highest BCUT2D eigenvalue weighted by Crippen LogP contribution is 2.31. The van der Waals surface area contributed by atoms with Gasteiger partial charge < -0.3 is 5.11 Å². The Balaban J connectivity index is 2.30. The van der Waals surface area contributed by atoms with E-state index in [0.29, 0.717) is 5.03 Å². The summed E-state index contributed by atoms with van der Waals surface area (Å²) in [5.74, 6) is 0.209.